The third-order valence-corrected chi connectivity index (χ3v) is 6.38. The van der Waals surface area contributed by atoms with Crippen molar-refractivity contribution in [3.05, 3.63) is 83.6 Å². The number of thioether (sulfide) groups is 1. The summed E-state index contributed by atoms with van der Waals surface area (Å²) < 4.78 is 15.0. The van der Waals surface area contributed by atoms with Crippen LogP contribution < -0.4 is 10.2 Å². The van der Waals surface area contributed by atoms with Crippen molar-refractivity contribution in [2.75, 3.05) is 44.1 Å². The highest BCUT2D eigenvalue weighted by atomic mass is 32.2. The summed E-state index contributed by atoms with van der Waals surface area (Å²) in [4.78, 5) is 46.0. The van der Waals surface area contributed by atoms with Crippen molar-refractivity contribution in [1.29, 1.82) is 0 Å². The maximum Gasteiger partial charge on any atom is 0.343 e. The van der Waals surface area contributed by atoms with Crippen molar-refractivity contribution in [3.8, 4) is 0 Å². The molecule has 3 rings (SSSR count). The van der Waals surface area contributed by atoms with Gasteiger partial charge in [0.15, 0.2) is 5.16 Å². The van der Waals surface area contributed by atoms with Crippen molar-refractivity contribution in [2.24, 2.45) is 0 Å². The van der Waals surface area contributed by atoms with Gasteiger partial charge in [0.1, 0.15) is 11.4 Å². The Morgan fingerprint density at radius 3 is 1.98 bits per heavy atom. The minimum absolute atomic E-state index is 0.141. The molecule has 3 aromatic rings. The number of hydrogen-bond acceptors (Lipinski definition) is 11. The summed E-state index contributed by atoms with van der Waals surface area (Å²) in [5.41, 5.74) is 2.53. The van der Waals surface area contributed by atoms with Gasteiger partial charge < -0.3 is 24.4 Å². The van der Waals surface area contributed by atoms with E-state index in [-0.39, 0.29) is 30.5 Å². The third-order valence-electron chi connectivity index (χ3n) is 5.81. The standard InChI is InChI=1S/C20H25N3O4S.C12H17NO2/c1-4-26-17(24)11-12-23(14-15-9-7-6-8-10-15)18-16(19(25)27-5-2)13-21-20(22-18)28-3;1-2-15-12(14)8-9-13-10-11-6-4-3-5-7-11/h6-10,13H,4-5,11-12,14H2,1-3H3;3-7,13H,2,8-10H2,1H3. The monoisotopic (exact) mass is 610 g/mol. The number of carbonyl (C=O) groups excluding carboxylic acids is 3. The van der Waals surface area contributed by atoms with Gasteiger partial charge in [-0.25, -0.2) is 14.8 Å². The number of nitrogens with zero attached hydrogens (tertiary/aromatic N) is 3. The predicted molar refractivity (Wildman–Crippen MR) is 168 cm³/mol. The molecule has 1 N–H and O–H groups in total. The number of anilines is 1. The summed E-state index contributed by atoms with van der Waals surface area (Å²) in [6, 6.07) is 19.9. The van der Waals surface area contributed by atoms with Gasteiger partial charge in [-0.1, -0.05) is 72.4 Å². The fraction of sp³-hybridized carbons (Fsp3) is 0.406. The Morgan fingerprint density at radius 1 is 0.814 bits per heavy atom. The van der Waals surface area contributed by atoms with E-state index in [2.05, 4.69) is 27.4 Å². The Balaban J connectivity index is 0.000000362. The lowest BCUT2D eigenvalue weighted by molar-refractivity contribution is -0.143. The smallest absolute Gasteiger partial charge is 0.343 e. The van der Waals surface area contributed by atoms with Gasteiger partial charge in [0.2, 0.25) is 0 Å². The van der Waals surface area contributed by atoms with Crippen LogP contribution in [0.2, 0.25) is 0 Å². The first-order chi connectivity index (χ1) is 20.9. The number of rotatable bonds is 16. The van der Waals surface area contributed by atoms with E-state index < -0.39 is 5.97 Å². The van der Waals surface area contributed by atoms with E-state index in [1.165, 1.54) is 23.5 Å². The second-order valence-corrected chi connectivity index (χ2v) is 9.77. The second-order valence-electron chi connectivity index (χ2n) is 8.99. The molecule has 0 aliphatic rings. The van der Waals surface area contributed by atoms with Gasteiger partial charge in [-0.05, 0) is 38.2 Å². The van der Waals surface area contributed by atoms with E-state index in [1.807, 2.05) is 66.6 Å². The van der Waals surface area contributed by atoms with E-state index >= 15 is 0 Å². The van der Waals surface area contributed by atoms with Crippen LogP contribution in [0.3, 0.4) is 0 Å². The highest BCUT2D eigenvalue weighted by molar-refractivity contribution is 7.98. The first kappa shape index (κ1) is 35.2. The van der Waals surface area contributed by atoms with Crippen molar-refractivity contribution in [1.82, 2.24) is 15.3 Å². The van der Waals surface area contributed by atoms with Crippen molar-refractivity contribution < 1.29 is 28.6 Å². The van der Waals surface area contributed by atoms with Gasteiger partial charge in [0, 0.05) is 32.4 Å². The lowest BCUT2D eigenvalue weighted by Gasteiger charge is -2.25. The van der Waals surface area contributed by atoms with E-state index in [0.717, 1.165) is 12.1 Å². The molecule has 11 heteroatoms. The summed E-state index contributed by atoms with van der Waals surface area (Å²) in [5, 5.41) is 3.73. The molecule has 0 saturated carbocycles. The number of esters is 3. The molecule has 0 aliphatic heterocycles. The lowest BCUT2D eigenvalue weighted by Crippen LogP contribution is -2.29. The number of benzene rings is 2. The maximum atomic E-state index is 12.4. The van der Waals surface area contributed by atoms with Gasteiger partial charge in [-0.2, -0.15) is 0 Å². The van der Waals surface area contributed by atoms with Gasteiger partial charge in [-0.3, -0.25) is 9.59 Å². The zero-order chi connectivity index (χ0) is 31.3. The fourth-order valence-corrected chi connectivity index (χ4v) is 4.16. The predicted octanol–water partition coefficient (Wildman–Crippen LogP) is 5.06. The summed E-state index contributed by atoms with van der Waals surface area (Å²) in [6.07, 6.45) is 3.96. The molecule has 1 heterocycles. The Morgan fingerprint density at radius 2 is 1.40 bits per heavy atom. The first-order valence-electron chi connectivity index (χ1n) is 14.3. The molecular weight excluding hydrogens is 568 g/mol. The molecule has 0 amide bonds. The molecule has 0 bridgehead atoms. The molecule has 0 radical (unpaired) electrons. The lowest BCUT2D eigenvalue weighted by atomic mass is 10.2. The number of ether oxygens (including phenoxy) is 3. The summed E-state index contributed by atoms with van der Waals surface area (Å²) in [5.74, 6) is -0.472. The number of carbonyl (C=O) groups is 3. The molecular formula is C32H42N4O6S. The van der Waals surface area contributed by atoms with Gasteiger partial charge in [-0.15, -0.1) is 0 Å². The van der Waals surface area contributed by atoms with Crippen LogP contribution in [-0.2, 0) is 36.9 Å². The minimum atomic E-state index is -0.487. The molecule has 10 nitrogen and oxygen atoms in total. The minimum Gasteiger partial charge on any atom is -0.466 e. The number of nitrogens with one attached hydrogen (secondary N) is 1. The Labute approximate surface area is 258 Å². The van der Waals surface area contributed by atoms with Crippen LogP contribution in [0.5, 0.6) is 0 Å². The SMILES string of the molecule is CCOC(=O)CCN(Cc1ccccc1)c1nc(SC)ncc1C(=O)OCC.CCOC(=O)CCNCc1ccccc1. The zero-order valence-corrected chi connectivity index (χ0v) is 26.2. The van der Waals surface area contributed by atoms with Crippen molar-refractivity contribution in [2.45, 2.75) is 51.9 Å². The summed E-state index contributed by atoms with van der Waals surface area (Å²) in [6.45, 7) is 8.66. The maximum absolute atomic E-state index is 12.4. The van der Waals surface area contributed by atoms with Crippen LogP contribution in [0.4, 0.5) is 5.82 Å². The number of hydrogen-bond donors (Lipinski definition) is 1. The quantitative estimate of drug-likeness (QED) is 0.0770. The largest absolute Gasteiger partial charge is 0.466 e. The van der Waals surface area contributed by atoms with Gasteiger partial charge in [0.05, 0.1) is 32.7 Å². The van der Waals surface area contributed by atoms with E-state index in [9.17, 15) is 14.4 Å². The average molecular weight is 611 g/mol. The topological polar surface area (TPSA) is 120 Å². The highest BCUT2D eigenvalue weighted by Crippen LogP contribution is 2.24. The fourth-order valence-electron chi connectivity index (χ4n) is 3.82. The zero-order valence-electron chi connectivity index (χ0n) is 25.4. The van der Waals surface area contributed by atoms with Crippen molar-refractivity contribution in [3.63, 3.8) is 0 Å². The molecule has 0 atom stereocenters. The van der Waals surface area contributed by atoms with Crippen LogP contribution >= 0.6 is 11.8 Å². The Kier molecular flexibility index (Phi) is 17.1. The Bertz CT molecular complexity index is 1250. The molecule has 0 aliphatic carbocycles. The molecule has 2 aromatic carbocycles. The van der Waals surface area contributed by atoms with Crippen LogP contribution in [-0.4, -0.2) is 67.0 Å². The van der Waals surface area contributed by atoms with E-state index in [0.29, 0.717) is 50.2 Å². The molecule has 0 spiro atoms. The van der Waals surface area contributed by atoms with Crippen LogP contribution in [0.25, 0.3) is 0 Å². The number of aromatic nitrogens is 2. The molecule has 232 valence electrons. The molecule has 1 aromatic heterocycles. The molecule has 0 fully saturated rings. The Hall–Kier alpha value is -3.96. The van der Waals surface area contributed by atoms with Crippen LogP contribution in [0.1, 0.15) is 55.1 Å². The van der Waals surface area contributed by atoms with Gasteiger partial charge in [0.25, 0.3) is 0 Å². The average Bonchev–Trinajstić information content (AvgIpc) is 3.03. The van der Waals surface area contributed by atoms with Crippen molar-refractivity contribution >= 4 is 35.5 Å². The van der Waals surface area contributed by atoms with E-state index in [4.69, 9.17) is 14.2 Å². The molecule has 43 heavy (non-hydrogen) atoms. The van der Waals surface area contributed by atoms with Crippen LogP contribution in [0.15, 0.2) is 72.0 Å². The van der Waals surface area contributed by atoms with Gasteiger partial charge >= 0.3 is 17.9 Å². The molecule has 0 unspecified atom stereocenters. The first-order valence-corrected chi connectivity index (χ1v) is 15.6. The highest BCUT2D eigenvalue weighted by Gasteiger charge is 2.22. The summed E-state index contributed by atoms with van der Waals surface area (Å²) in [7, 11) is 0. The third kappa shape index (κ3) is 13.7. The van der Waals surface area contributed by atoms with E-state index in [1.54, 1.807) is 13.8 Å². The normalized spacial score (nSPS) is 10.2. The summed E-state index contributed by atoms with van der Waals surface area (Å²) >= 11 is 1.38. The second kappa shape index (κ2) is 20.8. The molecule has 0 saturated heterocycles. The van der Waals surface area contributed by atoms with Crippen LogP contribution in [0, 0.1) is 0 Å².